The predicted molar refractivity (Wildman–Crippen MR) is 94.7 cm³/mol. The highest BCUT2D eigenvalue weighted by Crippen LogP contribution is 2.28. The lowest BCUT2D eigenvalue weighted by molar-refractivity contribution is -0.133. The van der Waals surface area contributed by atoms with Gasteiger partial charge in [0.25, 0.3) is 0 Å². The van der Waals surface area contributed by atoms with E-state index in [1.54, 1.807) is 0 Å². The number of piperidine rings is 1. The Labute approximate surface area is 144 Å². The zero-order chi connectivity index (χ0) is 17.1. The minimum atomic E-state index is 0.220. The van der Waals surface area contributed by atoms with Crippen LogP contribution in [0.4, 0.5) is 5.82 Å². The second-order valence-electron chi connectivity index (χ2n) is 7.31. The third kappa shape index (κ3) is 3.86. The van der Waals surface area contributed by atoms with Crippen molar-refractivity contribution in [3.63, 3.8) is 0 Å². The first-order valence-corrected chi connectivity index (χ1v) is 9.11. The standard InChI is InChI=1S/C18H29N5O/c1-13-6-7-17(21-20-13)22(2)15-8-10-23(11-9-15)18(24)12-14-4-3-5-16(14)19/h6-7,14-16H,3-5,8-12,19H2,1-2H3/t14-,16+/m0/s1. The fourth-order valence-corrected chi connectivity index (χ4v) is 3.94. The van der Waals surface area contributed by atoms with Crippen molar-refractivity contribution in [3.05, 3.63) is 17.8 Å². The van der Waals surface area contributed by atoms with Crippen LogP contribution in [0.2, 0.25) is 0 Å². The van der Waals surface area contributed by atoms with Crippen LogP contribution in [0, 0.1) is 12.8 Å². The molecule has 2 aliphatic rings. The molecule has 1 aliphatic heterocycles. The van der Waals surface area contributed by atoms with E-state index < -0.39 is 0 Å². The molecular weight excluding hydrogens is 302 g/mol. The summed E-state index contributed by atoms with van der Waals surface area (Å²) >= 11 is 0. The van der Waals surface area contributed by atoms with Crippen LogP contribution < -0.4 is 10.6 Å². The van der Waals surface area contributed by atoms with Crippen molar-refractivity contribution in [3.8, 4) is 0 Å². The number of hydrogen-bond donors (Lipinski definition) is 1. The number of hydrogen-bond acceptors (Lipinski definition) is 5. The van der Waals surface area contributed by atoms with Crippen molar-refractivity contribution in [2.45, 2.75) is 57.5 Å². The molecule has 6 nitrogen and oxygen atoms in total. The van der Waals surface area contributed by atoms with Gasteiger partial charge in [-0.3, -0.25) is 4.79 Å². The van der Waals surface area contributed by atoms with Gasteiger partial charge in [-0.05, 0) is 50.7 Å². The Balaban J connectivity index is 1.49. The van der Waals surface area contributed by atoms with E-state index in [1.165, 1.54) is 6.42 Å². The summed E-state index contributed by atoms with van der Waals surface area (Å²) in [4.78, 5) is 16.7. The normalized spacial score (nSPS) is 25.0. The third-order valence-corrected chi connectivity index (χ3v) is 5.66. The number of aromatic nitrogens is 2. The van der Waals surface area contributed by atoms with E-state index in [0.717, 1.165) is 50.3 Å². The highest BCUT2D eigenvalue weighted by molar-refractivity contribution is 5.76. The monoisotopic (exact) mass is 331 g/mol. The number of carbonyl (C=O) groups excluding carboxylic acids is 1. The van der Waals surface area contributed by atoms with Crippen LogP contribution in [0.25, 0.3) is 0 Å². The second kappa shape index (κ2) is 7.47. The number of aryl methyl sites for hydroxylation is 1. The molecule has 1 aliphatic carbocycles. The Hall–Kier alpha value is -1.69. The lowest BCUT2D eigenvalue weighted by atomic mass is 9.97. The number of carbonyl (C=O) groups is 1. The van der Waals surface area contributed by atoms with E-state index in [0.29, 0.717) is 18.4 Å². The Bertz CT molecular complexity index is 553. The molecule has 6 heteroatoms. The van der Waals surface area contributed by atoms with Gasteiger partial charge in [0.15, 0.2) is 5.82 Å². The average Bonchev–Trinajstić information content (AvgIpc) is 3.00. The largest absolute Gasteiger partial charge is 0.355 e. The molecule has 0 aromatic carbocycles. The SMILES string of the molecule is Cc1ccc(N(C)C2CCN(C(=O)C[C@@H]3CCC[C@H]3N)CC2)nn1. The lowest BCUT2D eigenvalue weighted by Crippen LogP contribution is -2.46. The first kappa shape index (κ1) is 17.1. The molecule has 2 fully saturated rings. The van der Waals surface area contributed by atoms with Gasteiger partial charge in [-0.1, -0.05) is 6.42 Å². The molecule has 1 saturated heterocycles. The quantitative estimate of drug-likeness (QED) is 0.909. The van der Waals surface area contributed by atoms with E-state index in [2.05, 4.69) is 22.1 Å². The minimum absolute atomic E-state index is 0.220. The number of nitrogens with zero attached hydrogens (tertiary/aromatic N) is 4. The number of nitrogens with two attached hydrogens (primary N) is 1. The maximum atomic E-state index is 12.5. The highest BCUT2D eigenvalue weighted by atomic mass is 16.2. The van der Waals surface area contributed by atoms with E-state index >= 15 is 0 Å². The minimum Gasteiger partial charge on any atom is -0.355 e. The summed E-state index contributed by atoms with van der Waals surface area (Å²) in [6.07, 6.45) is 5.94. The maximum Gasteiger partial charge on any atom is 0.222 e. The van der Waals surface area contributed by atoms with Gasteiger partial charge in [-0.2, -0.15) is 5.10 Å². The van der Waals surface area contributed by atoms with Crippen LogP contribution in [-0.2, 0) is 4.79 Å². The van der Waals surface area contributed by atoms with E-state index in [9.17, 15) is 4.79 Å². The van der Waals surface area contributed by atoms with Crippen molar-refractivity contribution in [1.82, 2.24) is 15.1 Å². The van der Waals surface area contributed by atoms with Crippen molar-refractivity contribution in [2.24, 2.45) is 11.7 Å². The summed E-state index contributed by atoms with van der Waals surface area (Å²) in [5.74, 6) is 1.58. The molecule has 1 aromatic heterocycles. The molecule has 0 unspecified atom stereocenters. The molecule has 0 spiro atoms. The van der Waals surface area contributed by atoms with Gasteiger partial charge in [0.1, 0.15) is 0 Å². The fraction of sp³-hybridized carbons (Fsp3) is 0.722. The number of amides is 1. The van der Waals surface area contributed by atoms with Crippen LogP contribution in [0.15, 0.2) is 12.1 Å². The molecule has 0 radical (unpaired) electrons. The molecule has 2 N–H and O–H groups in total. The maximum absolute atomic E-state index is 12.5. The summed E-state index contributed by atoms with van der Waals surface area (Å²) in [5, 5.41) is 8.40. The van der Waals surface area contributed by atoms with Crippen LogP contribution >= 0.6 is 0 Å². The molecule has 0 bridgehead atoms. The Kier molecular flexibility index (Phi) is 5.33. The van der Waals surface area contributed by atoms with Gasteiger partial charge in [0.05, 0.1) is 5.69 Å². The molecular formula is C18H29N5O. The predicted octanol–water partition coefficient (Wildman–Crippen LogP) is 1.73. The molecule has 2 heterocycles. The van der Waals surface area contributed by atoms with Gasteiger partial charge in [-0.25, -0.2) is 0 Å². The lowest BCUT2D eigenvalue weighted by Gasteiger charge is -2.37. The first-order valence-electron chi connectivity index (χ1n) is 9.11. The number of anilines is 1. The molecule has 2 atom stereocenters. The van der Waals surface area contributed by atoms with E-state index in [4.69, 9.17) is 5.73 Å². The van der Waals surface area contributed by atoms with Crippen molar-refractivity contribution < 1.29 is 4.79 Å². The average molecular weight is 331 g/mol. The van der Waals surface area contributed by atoms with Crippen LogP contribution in [0.3, 0.4) is 0 Å². The molecule has 24 heavy (non-hydrogen) atoms. The van der Waals surface area contributed by atoms with Crippen LogP contribution in [0.5, 0.6) is 0 Å². The van der Waals surface area contributed by atoms with Gasteiger partial charge in [0, 0.05) is 38.6 Å². The third-order valence-electron chi connectivity index (χ3n) is 5.66. The Morgan fingerprint density at radius 1 is 1.25 bits per heavy atom. The van der Waals surface area contributed by atoms with Crippen molar-refractivity contribution in [2.75, 3.05) is 25.0 Å². The molecule has 3 rings (SSSR count). The second-order valence-corrected chi connectivity index (χ2v) is 7.31. The van der Waals surface area contributed by atoms with Gasteiger partial charge >= 0.3 is 0 Å². The first-order chi connectivity index (χ1) is 11.5. The zero-order valence-electron chi connectivity index (χ0n) is 14.8. The number of rotatable bonds is 4. The van der Waals surface area contributed by atoms with E-state index in [1.807, 2.05) is 24.0 Å². The van der Waals surface area contributed by atoms with Crippen molar-refractivity contribution >= 4 is 11.7 Å². The summed E-state index contributed by atoms with van der Waals surface area (Å²) in [6.45, 7) is 3.60. The Morgan fingerprint density at radius 3 is 2.58 bits per heavy atom. The molecule has 1 amide bonds. The van der Waals surface area contributed by atoms with Gasteiger partial charge < -0.3 is 15.5 Å². The van der Waals surface area contributed by atoms with Crippen molar-refractivity contribution in [1.29, 1.82) is 0 Å². The topological polar surface area (TPSA) is 75.3 Å². The van der Waals surface area contributed by atoms with Gasteiger partial charge in [0.2, 0.25) is 5.91 Å². The highest BCUT2D eigenvalue weighted by Gasteiger charge is 2.30. The zero-order valence-corrected chi connectivity index (χ0v) is 14.8. The summed E-state index contributed by atoms with van der Waals surface area (Å²) in [6, 6.07) is 4.64. The van der Waals surface area contributed by atoms with Crippen LogP contribution in [-0.4, -0.2) is 53.2 Å². The summed E-state index contributed by atoms with van der Waals surface area (Å²) in [5.41, 5.74) is 7.03. The summed E-state index contributed by atoms with van der Waals surface area (Å²) in [7, 11) is 2.07. The number of likely N-dealkylation sites (tertiary alicyclic amines) is 1. The molecule has 132 valence electrons. The van der Waals surface area contributed by atoms with E-state index in [-0.39, 0.29) is 11.9 Å². The molecule has 1 saturated carbocycles. The van der Waals surface area contributed by atoms with Crippen LogP contribution in [0.1, 0.15) is 44.2 Å². The van der Waals surface area contributed by atoms with Gasteiger partial charge in [-0.15, -0.1) is 5.10 Å². The summed E-state index contributed by atoms with van der Waals surface area (Å²) < 4.78 is 0. The Morgan fingerprint density at radius 2 is 2.00 bits per heavy atom. The smallest absolute Gasteiger partial charge is 0.222 e. The fourth-order valence-electron chi connectivity index (χ4n) is 3.94. The molecule has 1 aromatic rings.